The molecule has 148 valence electrons. The van der Waals surface area contributed by atoms with E-state index in [0.717, 1.165) is 12.1 Å². The standard InChI is InChI=1S/C22H22N4O3/c1-26(2)14-15-11-12-24-20(13-15)25-22(28)17-5-9-19(10-6-17)29-18-7-3-16(4-8-18)21(23)27/h3-13H,14H2,1-2H3,(H2,23,27)(H,24,25,28). The number of rotatable bonds is 7. The molecule has 1 heterocycles. The predicted molar refractivity (Wildman–Crippen MR) is 111 cm³/mol. The molecular weight excluding hydrogens is 368 g/mol. The lowest BCUT2D eigenvalue weighted by Crippen LogP contribution is -2.14. The average molecular weight is 390 g/mol. The van der Waals surface area contributed by atoms with Crippen molar-refractivity contribution in [3.8, 4) is 11.5 Å². The van der Waals surface area contributed by atoms with Gasteiger partial charge >= 0.3 is 0 Å². The van der Waals surface area contributed by atoms with Crippen molar-refractivity contribution < 1.29 is 14.3 Å². The fourth-order valence-electron chi connectivity index (χ4n) is 2.69. The van der Waals surface area contributed by atoms with Gasteiger partial charge in [-0.2, -0.15) is 0 Å². The molecule has 2 aromatic carbocycles. The third-order valence-electron chi connectivity index (χ3n) is 4.06. The Kier molecular flexibility index (Phi) is 6.21. The van der Waals surface area contributed by atoms with Gasteiger partial charge in [0.1, 0.15) is 17.3 Å². The number of ether oxygens (including phenoxy) is 1. The molecule has 0 bridgehead atoms. The molecule has 0 aliphatic heterocycles. The molecule has 7 heteroatoms. The highest BCUT2D eigenvalue weighted by Crippen LogP contribution is 2.22. The molecule has 0 radical (unpaired) electrons. The van der Waals surface area contributed by atoms with Gasteiger partial charge in [-0.05, 0) is 80.3 Å². The zero-order chi connectivity index (χ0) is 20.8. The average Bonchev–Trinajstić information content (AvgIpc) is 2.68. The Morgan fingerprint density at radius 2 is 1.55 bits per heavy atom. The van der Waals surface area contributed by atoms with Gasteiger partial charge in [-0.1, -0.05) is 0 Å². The second-order valence-electron chi connectivity index (χ2n) is 6.76. The maximum Gasteiger partial charge on any atom is 0.256 e. The Labute approximate surface area is 169 Å². The zero-order valence-corrected chi connectivity index (χ0v) is 16.3. The zero-order valence-electron chi connectivity index (χ0n) is 16.3. The lowest BCUT2D eigenvalue weighted by Gasteiger charge is -2.11. The molecule has 3 N–H and O–H groups in total. The summed E-state index contributed by atoms with van der Waals surface area (Å²) < 4.78 is 5.72. The molecule has 0 saturated carbocycles. The second kappa shape index (κ2) is 8.99. The summed E-state index contributed by atoms with van der Waals surface area (Å²) >= 11 is 0. The molecule has 29 heavy (non-hydrogen) atoms. The highest BCUT2D eigenvalue weighted by molar-refractivity contribution is 6.03. The van der Waals surface area contributed by atoms with E-state index in [1.54, 1.807) is 54.7 Å². The van der Waals surface area contributed by atoms with Gasteiger partial charge in [0.15, 0.2) is 0 Å². The van der Waals surface area contributed by atoms with Crippen molar-refractivity contribution >= 4 is 17.6 Å². The molecule has 0 aliphatic rings. The number of carbonyl (C=O) groups excluding carboxylic acids is 2. The maximum absolute atomic E-state index is 12.5. The van der Waals surface area contributed by atoms with Crippen LogP contribution in [-0.4, -0.2) is 35.8 Å². The molecule has 0 aliphatic carbocycles. The number of aromatic nitrogens is 1. The van der Waals surface area contributed by atoms with Crippen molar-refractivity contribution in [2.24, 2.45) is 5.73 Å². The Balaban J connectivity index is 1.63. The fourth-order valence-corrected chi connectivity index (χ4v) is 2.69. The summed E-state index contributed by atoms with van der Waals surface area (Å²) in [6.07, 6.45) is 1.68. The topological polar surface area (TPSA) is 97.6 Å². The number of primary amides is 1. The Morgan fingerprint density at radius 3 is 2.10 bits per heavy atom. The lowest BCUT2D eigenvalue weighted by atomic mass is 10.2. The third-order valence-corrected chi connectivity index (χ3v) is 4.06. The summed E-state index contributed by atoms with van der Waals surface area (Å²) in [6.45, 7) is 0.762. The van der Waals surface area contributed by atoms with Gasteiger partial charge in [-0.25, -0.2) is 4.98 Å². The first-order valence-corrected chi connectivity index (χ1v) is 8.99. The van der Waals surface area contributed by atoms with Crippen molar-refractivity contribution in [2.45, 2.75) is 6.54 Å². The van der Waals surface area contributed by atoms with E-state index in [9.17, 15) is 9.59 Å². The van der Waals surface area contributed by atoms with Crippen LogP contribution < -0.4 is 15.8 Å². The van der Waals surface area contributed by atoms with E-state index in [0.29, 0.717) is 28.4 Å². The number of benzene rings is 2. The number of hydrogen-bond donors (Lipinski definition) is 2. The van der Waals surface area contributed by atoms with Crippen LogP contribution in [0.5, 0.6) is 11.5 Å². The summed E-state index contributed by atoms with van der Waals surface area (Å²) in [5, 5.41) is 2.80. The summed E-state index contributed by atoms with van der Waals surface area (Å²) in [6, 6.07) is 17.0. The Hall–Kier alpha value is -3.71. The first kappa shape index (κ1) is 20.0. The van der Waals surface area contributed by atoms with E-state index in [4.69, 9.17) is 10.5 Å². The van der Waals surface area contributed by atoms with Gasteiger partial charge in [0.2, 0.25) is 5.91 Å². The van der Waals surface area contributed by atoms with E-state index in [-0.39, 0.29) is 5.91 Å². The second-order valence-corrected chi connectivity index (χ2v) is 6.76. The largest absolute Gasteiger partial charge is 0.457 e. The number of nitrogens with zero attached hydrogens (tertiary/aromatic N) is 2. The monoisotopic (exact) mass is 390 g/mol. The highest BCUT2D eigenvalue weighted by atomic mass is 16.5. The van der Waals surface area contributed by atoms with Crippen molar-refractivity contribution in [1.82, 2.24) is 9.88 Å². The van der Waals surface area contributed by atoms with Gasteiger partial charge in [-0.15, -0.1) is 0 Å². The number of pyridine rings is 1. The molecule has 3 aromatic rings. The molecule has 0 spiro atoms. The van der Waals surface area contributed by atoms with Crippen molar-refractivity contribution in [3.05, 3.63) is 83.6 Å². The van der Waals surface area contributed by atoms with Crippen LogP contribution in [0.3, 0.4) is 0 Å². The van der Waals surface area contributed by atoms with E-state index >= 15 is 0 Å². The van der Waals surface area contributed by atoms with Crippen LogP contribution in [0.2, 0.25) is 0 Å². The van der Waals surface area contributed by atoms with Crippen LogP contribution in [0, 0.1) is 0 Å². The molecule has 0 fully saturated rings. The van der Waals surface area contributed by atoms with Crippen molar-refractivity contribution in [2.75, 3.05) is 19.4 Å². The summed E-state index contributed by atoms with van der Waals surface area (Å²) in [5.41, 5.74) is 7.18. The van der Waals surface area contributed by atoms with Crippen LogP contribution >= 0.6 is 0 Å². The van der Waals surface area contributed by atoms with Gasteiger partial charge in [0, 0.05) is 23.9 Å². The molecule has 7 nitrogen and oxygen atoms in total. The van der Waals surface area contributed by atoms with E-state index in [2.05, 4.69) is 10.3 Å². The van der Waals surface area contributed by atoms with E-state index < -0.39 is 5.91 Å². The van der Waals surface area contributed by atoms with Gasteiger partial charge < -0.3 is 20.7 Å². The smallest absolute Gasteiger partial charge is 0.256 e. The normalized spacial score (nSPS) is 10.6. The summed E-state index contributed by atoms with van der Waals surface area (Å²) in [7, 11) is 3.96. The molecule has 2 amide bonds. The predicted octanol–water partition coefficient (Wildman–Crippen LogP) is 3.29. The summed E-state index contributed by atoms with van der Waals surface area (Å²) in [4.78, 5) is 29.8. The molecule has 0 saturated heterocycles. The van der Waals surface area contributed by atoms with Crippen LogP contribution in [0.25, 0.3) is 0 Å². The number of amides is 2. The Morgan fingerprint density at radius 1 is 0.966 bits per heavy atom. The fraction of sp³-hybridized carbons (Fsp3) is 0.136. The van der Waals surface area contributed by atoms with Crippen molar-refractivity contribution in [3.63, 3.8) is 0 Å². The molecule has 0 atom stereocenters. The SMILES string of the molecule is CN(C)Cc1ccnc(NC(=O)c2ccc(Oc3ccc(C(N)=O)cc3)cc2)c1. The first-order chi connectivity index (χ1) is 13.9. The molecule has 1 aromatic heterocycles. The van der Waals surface area contributed by atoms with Crippen molar-refractivity contribution in [1.29, 1.82) is 0 Å². The van der Waals surface area contributed by atoms with Crippen LogP contribution in [0.1, 0.15) is 26.3 Å². The van der Waals surface area contributed by atoms with Crippen LogP contribution in [0.4, 0.5) is 5.82 Å². The van der Waals surface area contributed by atoms with Crippen LogP contribution in [0.15, 0.2) is 66.9 Å². The number of nitrogens with one attached hydrogen (secondary N) is 1. The lowest BCUT2D eigenvalue weighted by molar-refractivity contribution is 0.0997. The minimum absolute atomic E-state index is 0.253. The molecule has 3 rings (SSSR count). The van der Waals surface area contributed by atoms with Crippen LogP contribution in [-0.2, 0) is 6.54 Å². The molecular formula is C22H22N4O3. The first-order valence-electron chi connectivity index (χ1n) is 8.99. The maximum atomic E-state index is 12.5. The van der Waals surface area contributed by atoms with Gasteiger partial charge in [0.05, 0.1) is 0 Å². The number of anilines is 1. The number of nitrogens with two attached hydrogens (primary N) is 1. The van der Waals surface area contributed by atoms with Gasteiger partial charge in [-0.3, -0.25) is 9.59 Å². The Bertz CT molecular complexity index is 999. The van der Waals surface area contributed by atoms with E-state index in [1.165, 1.54) is 0 Å². The third kappa shape index (κ3) is 5.63. The number of hydrogen-bond acceptors (Lipinski definition) is 5. The van der Waals surface area contributed by atoms with E-state index in [1.807, 2.05) is 31.1 Å². The minimum atomic E-state index is -0.492. The number of carbonyl (C=O) groups is 2. The minimum Gasteiger partial charge on any atom is -0.457 e. The van der Waals surface area contributed by atoms with Gasteiger partial charge in [0.25, 0.3) is 5.91 Å². The highest BCUT2D eigenvalue weighted by Gasteiger charge is 2.09. The summed E-state index contributed by atoms with van der Waals surface area (Å²) in [5.74, 6) is 0.892. The quantitative estimate of drug-likeness (QED) is 0.645. The molecule has 0 unspecified atom stereocenters.